The summed E-state index contributed by atoms with van der Waals surface area (Å²) in [5.41, 5.74) is 6.37. The third-order valence-electron chi connectivity index (χ3n) is 3.73. The molecule has 0 aliphatic carbocycles. The molecule has 1 rings (SSSR count). The molecule has 0 saturated heterocycles. The van der Waals surface area contributed by atoms with Crippen molar-refractivity contribution in [2.75, 3.05) is 19.0 Å². The van der Waals surface area contributed by atoms with Gasteiger partial charge in [-0.1, -0.05) is 31.5 Å². The van der Waals surface area contributed by atoms with E-state index in [9.17, 15) is 13.0 Å². The van der Waals surface area contributed by atoms with Crippen molar-refractivity contribution in [2.45, 2.75) is 50.2 Å². The molecule has 138 valence electrons. The first-order chi connectivity index (χ1) is 11.2. The fourth-order valence-corrected chi connectivity index (χ4v) is 6.27. The number of hydrogen-bond donors (Lipinski definition) is 1. The van der Waals surface area contributed by atoms with Gasteiger partial charge in [0.15, 0.2) is 9.84 Å². The van der Waals surface area contributed by atoms with E-state index in [1.165, 1.54) is 12.1 Å². The molecule has 0 amide bonds. The molecule has 0 radical (unpaired) electrons. The molecule has 0 spiro atoms. The van der Waals surface area contributed by atoms with Crippen molar-refractivity contribution in [1.82, 2.24) is 0 Å². The molecule has 1 aromatic carbocycles. The van der Waals surface area contributed by atoms with E-state index in [0.717, 1.165) is 0 Å². The van der Waals surface area contributed by atoms with Gasteiger partial charge in [0.2, 0.25) is 0 Å². The highest BCUT2D eigenvalue weighted by Gasteiger charge is 2.47. The highest BCUT2D eigenvalue weighted by molar-refractivity contribution is 7.91. The zero-order valence-electron chi connectivity index (χ0n) is 14.6. The second kappa shape index (κ2) is 9.11. The Labute approximate surface area is 145 Å². The van der Waals surface area contributed by atoms with E-state index >= 15 is 0 Å². The Morgan fingerprint density at radius 2 is 1.58 bits per heavy atom. The standard InChI is InChI=1S/C16H28NO5PS/c1-4-12-16(17,23(18,21-5-2)22-6-3)13-14-24(19,20)15-10-8-7-9-11-15/h7-11H,4-6,12-14,17H2,1-3H3/t16-/m0/s1. The van der Waals surface area contributed by atoms with Gasteiger partial charge in [-0.15, -0.1) is 0 Å². The highest BCUT2D eigenvalue weighted by atomic mass is 32.2. The second-order valence-electron chi connectivity index (χ2n) is 5.57. The Bertz CT molecular complexity index is 640. The maximum atomic E-state index is 13.1. The molecule has 1 aromatic rings. The van der Waals surface area contributed by atoms with E-state index in [-0.39, 0.29) is 30.3 Å². The van der Waals surface area contributed by atoms with Gasteiger partial charge in [0, 0.05) is 0 Å². The van der Waals surface area contributed by atoms with Crippen LogP contribution in [0.1, 0.15) is 40.0 Å². The smallest absolute Gasteiger partial charge is 0.315 e. The summed E-state index contributed by atoms with van der Waals surface area (Å²) in [5, 5.41) is -1.32. The van der Waals surface area contributed by atoms with E-state index in [4.69, 9.17) is 14.8 Å². The molecule has 0 heterocycles. The first-order valence-corrected chi connectivity index (χ1v) is 11.4. The van der Waals surface area contributed by atoms with Gasteiger partial charge in [-0.05, 0) is 38.8 Å². The Morgan fingerprint density at radius 3 is 2.04 bits per heavy atom. The summed E-state index contributed by atoms with van der Waals surface area (Å²) in [6, 6.07) is 8.16. The number of rotatable bonds is 11. The molecule has 0 fully saturated rings. The normalized spacial score (nSPS) is 15.2. The lowest BCUT2D eigenvalue weighted by atomic mass is 10.1. The maximum absolute atomic E-state index is 13.1. The Hall–Kier alpha value is -0.720. The van der Waals surface area contributed by atoms with Crippen LogP contribution in [0.15, 0.2) is 35.2 Å². The van der Waals surface area contributed by atoms with Crippen LogP contribution in [0.3, 0.4) is 0 Å². The quantitative estimate of drug-likeness (QED) is 0.592. The molecule has 24 heavy (non-hydrogen) atoms. The molecule has 2 N–H and O–H groups in total. The van der Waals surface area contributed by atoms with Crippen LogP contribution in [0.2, 0.25) is 0 Å². The molecule has 0 aliphatic heterocycles. The monoisotopic (exact) mass is 377 g/mol. The molecular weight excluding hydrogens is 349 g/mol. The average molecular weight is 377 g/mol. The summed E-state index contributed by atoms with van der Waals surface area (Å²) < 4.78 is 48.9. The van der Waals surface area contributed by atoms with Gasteiger partial charge in [0.1, 0.15) is 5.28 Å². The summed E-state index contributed by atoms with van der Waals surface area (Å²) in [4.78, 5) is 0.228. The van der Waals surface area contributed by atoms with Crippen molar-refractivity contribution in [2.24, 2.45) is 5.73 Å². The molecule has 6 nitrogen and oxygen atoms in total. The minimum atomic E-state index is -3.62. The van der Waals surface area contributed by atoms with Crippen LogP contribution < -0.4 is 5.73 Å². The summed E-state index contributed by atoms with van der Waals surface area (Å²) in [6.07, 6.45) is 1.01. The van der Waals surface area contributed by atoms with Gasteiger partial charge in [0.25, 0.3) is 0 Å². The van der Waals surface area contributed by atoms with Crippen LogP contribution in [0.25, 0.3) is 0 Å². The first kappa shape index (κ1) is 21.3. The zero-order valence-corrected chi connectivity index (χ0v) is 16.3. The number of sulfone groups is 1. The summed E-state index contributed by atoms with van der Waals surface area (Å²) >= 11 is 0. The van der Waals surface area contributed by atoms with Gasteiger partial charge in [-0.25, -0.2) is 8.42 Å². The van der Waals surface area contributed by atoms with Crippen LogP contribution >= 0.6 is 7.60 Å². The number of benzene rings is 1. The largest absolute Gasteiger partial charge is 0.350 e. The Kier molecular flexibility index (Phi) is 8.09. The molecule has 0 saturated carbocycles. The summed E-state index contributed by atoms with van der Waals surface area (Å²) in [7, 11) is -7.14. The fourth-order valence-electron chi connectivity index (χ4n) is 2.52. The molecule has 0 bridgehead atoms. The van der Waals surface area contributed by atoms with Gasteiger partial charge < -0.3 is 14.8 Å². The third-order valence-corrected chi connectivity index (χ3v) is 8.20. The lowest BCUT2D eigenvalue weighted by molar-refractivity contribution is 0.191. The summed E-state index contributed by atoms with van der Waals surface area (Å²) in [5.74, 6) is -0.211. The minimum Gasteiger partial charge on any atom is -0.315 e. The van der Waals surface area contributed by atoms with E-state index < -0.39 is 22.7 Å². The predicted octanol–water partition coefficient (Wildman–Crippen LogP) is 3.57. The minimum absolute atomic E-state index is 0.00927. The van der Waals surface area contributed by atoms with Crippen LogP contribution in [-0.2, 0) is 23.4 Å². The van der Waals surface area contributed by atoms with Crippen LogP contribution in [0, 0.1) is 0 Å². The second-order valence-corrected chi connectivity index (χ2v) is 10.1. The zero-order chi connectivity index (χ0) is 18.3. The van der Waals surface area contributed by atoms with E-state index in [1.54, 1.807) is 32.0 Å². The number of hydrogen-bond acceptors (Lipinski definition) is 6. The Balaban J connectivity index is 3.05. The summed E-state index contributed by atoms with van der Waals surface area (Å²) in [6.45, 7) is 5.68. The molecular formula is C16H28NO5PS. The third kappa shape index (κ3) is 5.14. The maximum Gasteiger partial charge on any atom is 0.350 e. The van der Waals surface area contributed by atoms with Crippen LogP contribution in [0.5, 0.6) is 0 Å². The van der Waals surface area contributed by atoms with Crippen molar-refractivity contribution in [3.8, 4) is 0 Å². The van der Waals surface area contributed by atoms with Gasteiger partial charge in [0.05, 0.1) is 23.9 Å². The lowest BCUT2D eigenvalue weighted by Crippen LogP contribution is -2.42. The molecule has 0 aliphatic rings. The number of nitrogens with two attached hydrogens (primary N) is 1. The fraction of sp³-hybridized carbons (Fsp3) is 0.625. The molecule has 8 heteroatoms. The average Bonchev–Trinajstić information content (AvgIpc) is 2.54. The van der Waals surface area contributed by atoms with E-state index in [1.807, 2.05) is 6.92 Å². The van der Waals surface area contributed by atoms with Crippen molar-refractivity contribution < 1.29 is 22.0 Å². The molecule has 1 atom stereocenters. The van der Waals surface area contributed by atoms with Crippen molar-refractivity contribution in [1.29, 1.82) is 0 Å². The predicted molar refractivity (Wildman–Crippen MR) is 95.8 cm³/mol. The van der Waals surface area contributed by atoms with Crippen molar-refractivity contribution in [3.63, 3.8) is 0 Å². The SMILES string of the molecule is CCC[C@@](N)(CCS(=O)(=O)c1ccccc1)P(=O)(OCC)OCC. The van der Waals surface area contributed by atoms with Gasteiger partial charge in [-0.3, -0.25) is 4.57 Å². The lowest BCUT2D eigenvalue weighted by Gasteiger charge is -2.35. The van der Waals surface area contributed by atoms with Crippen LogP contribution in [-0.4, -0.2) is 32.7 Å². The van der Waals surface area contributed by atoms with E-state index in [0.29, 0.717) is 12.8 Å². The highest BCUT2D eigenvalue weighted by Crippen LogP contribution is 2.60. The Morgan fingerprint density at radius 1 is 1.04 bits per heavy atom. The van der Waals surface area contributed by atoms with Crippen LogP contribution in [0.4, 0.5) is 0 Å². The van der Waals surface area contributed by atoms with Crippen molar-refractivity contribution in [3.05, 3.63) is 30.3 Å². The topological polar surface area (TPSA) is 95.7 Å². The van der Waals surface area contributed by atoms with Gasteiger partial charge >= 0.3 is 7.60 Å². The van der Waals surface area contributed by atoms with Crippen molar-refractivity contribution >= 4 is 17.4 Å². The molecule has 0 unspecified atom stereocenters. The molecule has 0 aromatic heterocycles. The van der Waals surface area contributed by atoms with E-state index in [2.05, 4.69) is 0 Å². The first-order valence-electron chi connectivity index (χ1n) is 8.20. The van der Waals surface area contributed by atoms with Gasteiger partial charge in [-0.2, -0.15) is 0 Å².